The van der Waals surface area contributed by atoms with Gasteiger partial charge in [-0.2, -0.15) is 0 Å². The van der Waals surface area contributed by atoms with Crippen LogP contribution in [0.15, 0.2) is 78.4 Å². The van der Waals surface area contributed by atoms with Gasteiger partial charge in [0.05, 0.1) is 26.9 Å². The quantitative estimate of drug-likeness (QED) is 0.348. The first-order valence-electron chi connectivity index (χ1n) is 10.3. The lowest BCUT2D eigenvalue weighted by Crippen LogP contribution is -1.99. The molecule has 0 spiro atoms. The fourth-order valence-electron chi connectivity index (χ4n) is 3.43. The van der Waals surface area contributed by atoms with Crippen molar-refractivity contribution in [2.45, 2.75) is 6.61 Å². The first-order chi connectivity index (χ1) is 16.1. The highest BCUT2D eigenvalue weighted by Gasteiger charge is 2.23. The van der Waals surface area contributed by atoms with Crippen LogP contribution < -0.4 is 18.9 Å². The van der Waals surface area contributed by atoms with Gasteiger partial charge in [-0.05, 0) is 53.6 Å². The second-order valence-electron chi connectivity index (χ2n) is 7.25. The average molecular weight is 444 g/mol. The summed E-state index contributed by atoms with van der Waals surface area (Å²) in [5.41, 5.74) is 2.99. The number of ether oxygens (including phenoxy) is 5. The standard InChI is InChI=1S/C27H24O6/c1-29-22-12-10-20(15-26(22)31-3)24-16-21(27(28)33-24)13-19-9-11-23(25(14-19)30-2)32-17-18-7-5-4-6-8-18/h4-16H,17H2,1-3H3/b21-13+. The van der Waals surface area contributed by atoms with E-state index in [0.717, 1.165) is 11.1 Å². The molecule has 0 saturated heterocycles. The lowest BCUT2D eigenvalue weighted by atomic mass is 10.1. The third-order valence-electron chi connectivity index (χ3n) is 5.14. The van der Waals surface area contributed by atoms with E-state index < -0.39 is 5.97 Å². The van der Waals surface area contributed by atoms with Gasteiger partial charge in [0, 0.05) is 5.56 Å². The van der Waals surface area contributed by atoms with Crippen LogP contribution in [-0.4, -0.2) is 27.3 Å². The van der Waals surface area contributed by atoms with Gasteiger partial charge in [-0.15, -0.1) is 0 Å². The van der Waals surface area contributed by atoms with E-state index in [-0.39, 0.29) is 0 Å². The van der Waals surface area contributed by atoms with Crippen LogP contribution in [0.3, 0.4) is 0 Å². The lowest BCUT2D eigenvalue weighted by molar-refractivity contribution is -0.130. The zero-order valence-electron chi connectivity index (χ0n) is 18.7. The number of cyclic esters (lactones) is 1. The molecule has 1 aliphatic rings. The summed E-state index contributed by atoms with van der Waals surface area (Å²) in [7, 11) is 4.71. The zero-order chi connectivity index (χ0) is 23.2. The fourth-order valence-corrected chi connectivity index (χ4v) is 3.43. The molecule has 0 aliphatic carbocycles. The van der Waals surface area contributed by atoms with Gasteiger partial charge < -0.3 is 23.7 Å². The molecule has 0 aromatic heterocycles. The molecule has 0 radical (unpaired) electrons. The Bertz CT molecular complexity index is 1210. The first-order valence-corrected chi connectivity index (χ1v) is 10.3. The second kappa shape index (κ2) is 9.96. The van der Waals surface area contributed by atoms with Crippen molar-refractivity contribution in [2.24, 2.45) is 0 Å². The van der Waals surface area contributed by atoms with Gasteiger partial charge in [0.1, 0.15) is 12.4 Å². The second-order valence-corrected chi connectivity index (χ2v) is 7.25. The molecule has 0 N–H and O–H groups in total. The molecule has 0 bridgehead atoms. The summed E-state index contributed by atoms with van der Waals surface area (Å²) in [5, 5.41) is 0. The molecular formula is C27H24O6. The summed E-state index contributed by atoms with van der Waals surface area (Å²) < 4.78 is 27.5. The number of methoxy groups -OCH3 is 3. The highest BCUT2D eigenvalue weighted by molar-refractivity contribution is 6.05. The van der Waals surface area contributed by atoms with E-state index in [1.807, 2.05) is 54.6 Å². The smallest absolute Gasteiger partial charge is 0.343 e. The van der Waals surface area contributed by atoms with Crippen LogP contribution in [0.1, 0.15) is 16.7 Å². The predicted molar refractivity (Wildman–Crippen MR) is 125 cm³/mol. The number of benzene rings is 3. The molecule has 0 fully saturated rings. The summed E-state index contributed by atoms with van der Waals surface area (Å²) >= 11 is 0. The van der Waals surface area contributed by atoms with E-state index in [1.165, 1.54) is 0 Å². The molecule has 6 nitrogen and oxygen atoms in total. The molecule has 168 valence electrons. The van der Waals surface area contributed by atoms with E-state index >= 15 is 0 Å². The summed E-state index contributed by atoms with van der Waals surface area (Å²) in [6, 6.07) is 20.8. The Morgan fingerprint density at radius 1 is 0.788 bits per heavy atom. The third kappa shape index (κ3) is 5.01. The topological polar surface area (TPSA) is 63.2 Å². The first kappa shape index (κ1) is 22.0. The Balaban J connectivity index is 1.55. The maximum absolute atomic E-state index is 12.5. The third-order valence-corrected chi connectivity index (χ3v) is 5.14. The summed E-state index contributed by atoms with van der Waals surface area (Å²) in [6.45, 7) is 0.432. The Labute approximate surface area is 192 Å². The molecular weight excluding hydrogens is 420 g/mol. The molecule has 6 heteroatoms. The van der Waals surface area contributed by atoms with Crippen LogP contribution in [0.2, 0.25) is 0 Å². The maximum atomic E-state index is 12.5. The zero-order valence-corrected chi connectivity index (χ0v) is 18.7. The molecule has 0 atom stereocenters. The van der Waals surface area contributed by atoms with E-state index in [2.05, 4.69) is 0 Å². The van der Waals surface area contributed by atoms with Crippen molar-refractivity contribution in [1.29, 1.82) is 0 Å². The molecule has 3 aromatic rings. The van der Waals surface area contributed by atoms with E-state index in [9.17, 15) is 4.79 Å². The molecule has 0 saturated carbocycles. The van der Waals surface area contributed by atoms with E-state index in [0.29, 0.717) is 46.5 Å². The average Bonchev–Trinajstić information content (AvgIpc) is 3.23. The largest absolute Gasteiger partial charge is 0.493 e. The summed E-state index contributed by atoms with van der Waals surface area (Å²) in [5.74, 6) is 2.38. The number of rotatable bonds is 8. The molecule has 0 amide bonds. The van der Waals surface area contributed by atoms with Crippen LogP contribution in [0.5, 0.6) is 23.0 Å². The van der Waals surface area contributed by atoms with Gasteiger partial charge in [-0.3, -0.25) is 0 Å². The fraction of sp³-hybridized carbons (Fsp3) is 0.148. The Kier molecular flexibility index (Phi) is 6.64. The van der Waals surface area contributed by atoms with Gasteiger partial charge in [0.2, 0.25) is 0 Å². The molecule has 33 heavy (non-hydrogen) atoms. The number of esters is 1. The van der Waals surface area contributed by atoms with Crippen molar-refractivity contribution in [3.8, 4) is 23.0 Å². The molecule has 1 aliphatic heterocycles. The normalized spacial score (nSPS) is 14.0. The molecule has 1 heterocycles. The minimum absolute atomic E-state index is 0.428. The van der Waals surface area contributed by atoms with Gasteiger partial charge in [0.25, 0.3) is 0 Å². The predicted octanol–water partition coefficient (Wildman–Crippen LogP) is 5.27. The van der Waals surface area contributed by atoms with Gasteiger partial charge in [-0.25, -0.2) is 4.79 Å². The van der Waals surface area contributed by atoms with Crippen LogP contribution in [-0.2, 0) is 16.1 Å². The van der Waals surface area contributed by atoms with Gasteiger partial charge >= 0.3 is 5.97 Å². The van der Waals surface area contributed by atoms with Gasteiger partial charge in [0.15, 0.2) is 23.0 Å². The molecule has 0 unspecified atom stereocenters. The van der Waals surface area contributed by atoms with E-state index in [4.69, 9.17) is 23.7 Å². The number of carbonyl (C=O) groups is 1. The number of carbonyl (C=O) groups excluding carboxylic acids is 1. The van der Waals surface area contributed by atoms with Crippen LogP contribution >= 0.6 is 0 Å². The van der Waals surface area contributed by atoms with Crippen LogP contribution in [0.4, 0.5) is 0 Å². The molecule has 4 rings (SSSR count). The van der Waals surface area contributed by atoms with Crippen LogP contribution in [0.25, 0.3) is 11.8 Å². The van der Waals surface area contributed by atoms with Crippen molar-refractivity contribution in [3.63, 3.8) is 0 Å². The van der Waals surface area contributed by atoms with Crippen molar-refractivity contribution in [2.75, 3.05) is 21.3 Å². The monoisotopic (exact) mass is 444 g/mol. The Morgan fingerprint density at radius 2 is 1.48 bits per heavy atom. The van der Waals surface area contributed by atoms with Crippen molar-refractivity contribution >= 4 is 17.8 Å². The minimum atomic E-state index is -0.428. The lowest BCUT2D eigenvalue weighted by Gasteiger charge is -2.11. The highest BCUT2D eigenvalue weighted by Crippen LogP contribution is 2.35. The van der Waals surface area contributed by atoms with Gasteiger partial charge in [-0.1, -0.05) is 36.4 Å². The molecule has 3 aromatic carbocycles. The van der Waals surface area contributed by atoms with E-state index in [1.54, 1.807) is 45.6 Å². The van der Waals surface area contributed by atoms with Crippen LogP contribution in [0, 0.1) is 0 Å². The number of hydrogen-bond donors (Lipinski definition) is 0. The summed E-state index contributed by atoms with van der Waals surface area (Å²) in [6.07, 6.45) is 3.45. The highest BCUT2D eigenvalue weighted by atomic mass is 16.5. The van der Waals surface area contributed by atoms with Crippen molar-refractivity contribution in [1.82, 2.24) is 0 Å². The van der Waals surface area contributed by atoms with Crippen molar-refractivity contribution in [3.05, 3.63) is 95.1 Å². The number of hydrogen-bond acceptors (Lipinski definition) is 6. The Morgan fingerprint density at radius 3 is 2.21 bits per heavy atom. The Hall–Kier alpha value is -4.19. The maximum Gasteiger partial charge on any atom is 0.343 e. The minimum Gasteiger partial charge on any atom is -0.493 e. The van der Waals surface area contributed by atoms with Crippen molar-refractivity contribution < 1.29 is 28.5 Å². The SMILES string of the molecule is COc1ccc(C2=C/C(=C\c3ccc(OCc4ccccc4)c(OC)c3)C(=O)O2)cc1OC. The summed E-state index contributed by atoms with van der Waals surface area (Å²) in [4.78, 5) is 12.5.